The molecule has 2 aromatic carbocycles. The maximum absolute atomic E-state index is 13.4. The molecule has 1 N–H and O–H groups in total. The number of benzene rings is 2. The van der Waals surface area contributed by atoms with Gasteiger partial charge in [-0.3, -0.25) is 4.79 Å². The summed E-state index contributed by atoms with van der Waals surface area (Å²) < 4.78 is 15.3. The monoisotopic (exact) mass is 359 g/mol. The van der Waals surface area contributed by atoms with Crippen molar-refractivity contribution < 1.29 is 9.18 Å². The SMILES string of the molecule is Cc1ccn2cc(-c3ccc(C)c(NC(=O)c4cccc(F)c4)c3)nc2c1. The normalized spacial score (nSPS) is 10.9. The van der Waals surface area contributed by atoms with E-state index in [2.05, 4.69) is 10.3 Å². The van der Waals surface area contributed by atoms with Gasteiger partial charge in [0.1, 0.15) is 11.5 Å². The fraction of sp³-hybridized carbons (Fsp3) is 0.0909. The number of aromatic nitrogens is 2. The summed E-state index contributed by atoms with van der Waals surface area (Å²) in [7, 11) is 0. The Morgan fingerprint density at radius 3 is 2.74 bits per heavy atom. The summed E-state index contributed by atoms with van der Waals surface area (Å²) in [5, 5.41) is 2.87. The lowest BCUT2D eigenvalue weighted by Gasteiger charge is -2.10. The maximum Gasteiger partial charge on any atom is 0.255 e. The van der Waals surface area contributed by atoms with E-state index in [9.17, 15) is 9.18 Å². The van der Waals surface area contributed by atoms with E-state index in [-0.39, 0.29) is 11.5 Å². The van der Waals surface area contributed by atoms with Gasteiger partial charge in [0.05, 0.1) is 5.69 Å². The first-order valence-corrected chi connectivity index (χ1v) is 8.63. The minimum absolute atomic E-state index is 0.281. The van der Waals surface area contributed by atoms with Gasteiger partial charge in [-0.05, 0) is 61.4 Å². The van der Waals surface area contributed by atoms with Crippen molar-refractivity contribution in [3.63, 3.8) is 0 Å². The summed E-state index contributed by atoms with van der Waals surface area (Å²) >= 11 is 0. The first-order chi connectivity index (χ1) is 13.0. The standard InChI is InChI=1S/C22H18FN3O/c1-14-8-9-26-13-20(24-21(26)10-14)16-7-6-15(2)19(12-16)25-22(27)17-4-3-5-18(23)11-17/h3-13H,1-2H3,(H,25,27). The molecule has 0 saturated heterocycles. The number of amides is 1. The molecule has 0 unspecified atom stereocenters. The Labute approximate surface area is 156 Å². The van der Waals surface area contributed by atoms with E-state index < -0.39 is 5.82 Å². The molecular formula is C22H18FN3O. The molecular weight excluding hydrogens is 341 g/mol. The highest BCUT2D eigenvalue weighted by molar-refractivity contribution is 6.04. The zero-order chi connectivity index (χ0) is 19.0. The van der Waals surface area contributed by atoms with Gasteiger partial charge in [0, 0.05) is 29.2 Å². The second kappa shape index (κ2) is 6.68. The number of hydrogen-bond donors (Lipinski definition) is 1. The minimum Gasteiger partial charge on any atom is -0.322 e. The van der Waals surface area contributed by atoms with E-state index in [0.717, 1.165) is 28.0 Å². The molecule has 0 fully saturated rings. The van der Waals surface area contributed by atoms with Crippen molar-refractivity contribution in [1.82, 2.24) is 9.38 Å². The summed E-state index contributed by atoms with van der Waals surface area (Å²) in [5.41, 5.74) is 5.61. The molecule has 0 aliphatic rings. The van der Waals surface area contributed by atoms with E-state index in [1.165, 1.54) is 18.2 Å². The molecule has 5 heteroatoms. The van der Waals surface area contributed by atoms with Crippen LogP contribution < -0.4 is 5.32 Å². The molecule has 134 valence electrons. The number of carbonyl (C=O) groups excluding carboxylic acids is 1. The maximum atomic E-state index is 13.4. The molecule has 1 amide bonds. The van der Waals surface area contributed by atoms with Gasteiger partial charge in [-0.1, -0.05) is 18.2 Å². The van der Waals surface area contributed by atoms with Crippen molar-refractivity contribution in [2.24, 2.45) is 0 Å². The van der Waals surface area contributed by atoms with Gasteiger partial charge in [-0.15, -0.1) is 0 Å². The van der Waals surface area contributed by atoms with Gasteiger partial charge in [0.25, 0.3) is 5.91 Å². The summed E-state index contributed by atoms with van der Waals surface area (Å²) in [6, 6.07) is 15.5. The third kappa shape index (κ3) is 3.44. The van der Waals surface area contributed by atoms with Crippen molar-refractivity contribution in [3.8, 4) is 11.3 Å². The first-order valence-electron chi connectivity index (χ1n) is 8.63. The number of pyridine rings is 1. The van der Waals surface area contributed by atoms with Crippen LogP contribution in [-0.4, -0.2) is 15.3 Å². The largest absolute Gasteiger partial charge is 0.322 e. The molecule has 2 aromatic heterocycles. The fourth-order valence-electron chi connectivity index (χ4n) is 2.96. The van der Waals surface area contributed by atoms with E-state index >= 15 is 0 Å². The van der Waals surface area contributed by atoms with E-state index in [4.69, 9.17) is 0 Å². The van der Waals surface area contributed by atoms with Crippen molar-refractivity contribution in [1.29, 1.82) is 0 Å². The number of fused-ring (bicyclic) bond motifs is 1. The van der Waals surface area contributed by atoms with Gasteiger partial charge in [-0.25, -0.2) is 9.37 Å². The summed E-state index contributed by atoms with van der Waals surface area (Å²) in [6.45, 7) is 3.94. The molecule has 0 radical (unpaired) electrons. The van der Waals surface area contributed by atoms with E-state index in [1.54, 1.807) is 6.07 Å². The lowest BCUT2D eigenvalue weighted by atomic mass is 10.1. The number of nitrogens with zero attached hydrogens (tertiary/aromatic N) is 2. The third-order valence-electron chi connectivity index (χ3n) is 4.48. The van der Waals surface area contributed by atoms with Crippen LogP contribution in [0.5, 0.6) is 0 Å². The molecule has 2 heterocycles. The number of nitrogens with one attached hydrogen (secondary N) is 1. The first kappa shape index (κ1) is 17.0. The minimum atomic E-state index is -0.437. The van der Waals surface area contributed by atoms with Crippen LogP contribution in [0.3, 0.4) is 0 Å². The number of halogens is 1. The number of hydrogen-bond acceptors (Lipinski definition) is 2. The van der Waals surface area contributed by atoms with Crippen molar-refractivity contribution in [3.05, 3.63) is 89.5 Å². The zero-order valence-corrected chi connectivity index (χ0v) is 15.0. The molecule has 4 nitrogen and oxygen atoms in total. The highest BCUT2D eigenvalue weighted by Crippen LogP contribution is 2.26. The van der Waals surface area contributed by atoms with Crippen LogP contribution in [0.1, 0.15) is 21.5 Å². The van der Waals surface area contributed by atoms with Crippen LogP contribution in [0, 0.1) is 19.7 Å². The van der Waals surface area contributed by atoms with Crippen LogP contribution in [0.25, 0.3) is 16.9 Å². The molecule has 0 aliphatic carbocycles. The molecule has 4 rings (SSSR count). The van der Waals surface area contributed by atoms with E-state index in [0.29, 0.717) is 5.69 Å². The Balaban J connectivity index is 1.67. The Kier molecular flexibility index (Phi) is 4.20. The van der Waals surface area contributed by atoms with Gasteiger partial charge in [0.15, 0.2) is 0 Å². The lowest BCUT2D eigenvalue weighted by molar-refractivity contribution is 0.102. The van der Waals surface area contributed by atoms with Crippen molar-refractivity contribution in [2.75, 3.05) is 5.32 Å². The average Bonchev–Trinajstić information content (AvgIpc) is 3.06. The van der Waals surface area contributed by atoms with Crippen LogP contribution in [0.2, 0.25) is 0 Å². The third-order valence-corrected chi connectivity index (χ3v) is 4.48. The number of aryl methyl sites for hydroxylation is 2. The van der Waals surface area contributed by atoms with Crippen LogP contribution in [-0.2, 0) is 0 Å². The topological polar surface area (TPSA) is 46.4 Å². The summed E-state index contributed by atoms with van der Waals surface area (Å²) in [6.07, 6.45) is 3.93. The molecule has 0 atom stereocenters. The predicted molar refractivity (Wildman–Crippen MR) is 104 cm³/mol. The molecule has 0 saturated carbocycles. The lowest BCUT2D eigenvalue weighted by Crippen LogP contribution is -2.13. The summed E-state index contributed by atoms with van der Waals surface area (Å²) in [5.74, 6) is -0.784. The zero-order valence-electron chi connectivity index (χ0n) is 15.0. The predicted octanol–water partition coefficient (Wildman–Crippen LogP) is 5.01. The molecule has 27 heavy (non-hydrogen) atoms. The molecule has 0 bridgehead atoms. The van der Waals surface area contributed by atoms with Crippen LogP contribution >= 0.6 is 0 Å². The smallest absolute Gasteiger partial charge is 0.255 e. The second-order valence-corrected chi connectivity index (χ2v) is 6.59. The highest BCUT2D eigenvalue weighted by atomic mass is 19.1. The Morgan fingerprint density at radius 1 is 1.07 bits per heavy atom. The summed E-state index contributed by atoms with van der Waals surface area (Å²) in [4.78, 5) is 17.1. The number of rotatable bonds is 3. The van der Waals surface area contributed by atoms with Crippen LogP contribution in [0.15, 0.2) is 67.0 Å². The number of imidazole rings is 1. The van der Waals surface area contributed by atoms with Crippen molar-refractivity contribution in [2.45, 2.75) is 13.8 Å². The van der Waals surface area contributed by atoms with Gasteiger partial charge in [-0.2, -0.15) is 0 Å². The Hall–Kier alpha value is -3.47. The Bertz CT molecular complexity index is 1160. The van der Waals surface area contributed by atoms with Gasteiger partial charge < -0.3 is 9.72 Å². The van der Waals surface area contributed by atoms with Gasteiger partial charge in [0.2, 0.25) is 0 Å². The van der Waals surface area contributed by atoms with Crippen LogP contribution in [0.4, 0.5) is 10.1 Å². The fourth-order valence-corrected chi connectivity index (χ4v) is 2.96. The number of anilines is 1. The molecule has 0 spiro atoms. The number of carbonyl (C=O) groups is 1. The van der Waals surface area contributed by atoms with Gasteiger partial charge >= 0.3 is 0 Å². The second-order valence-electron chi connectivity index (χ2n) is 6.59. The Morgan fingerprint density at radius 2 is 1.93 bits per heavy atom. The average molecular weight is 359 g/mol. The molecule has 0 aliphatic heterocycles. The quantitative estimate of drug-likeness (QED) is 0.559. The van der Waals surface area contributed by atoms with Crippen molar-refractivity contribution >= 4 is 17.2 Å². The highest BCUT2D eigenvalue weighted by Gasteiger charge is 2.11. The molecule has 4 aromatic rings. The van der Waals surface area contributed by atoms with E-state index in [1.807, 2.05) is 61.0 Å².